The molecule has 5 rings (SSSR count). The van der Waals surface area contributed by atoms with Crippen LogP contribution in [0.3, 0.4) is 0 Å². The van der Waals surface area contributed by atoms with Gasteiger partial charge >= 0.3 is 0 Å². The van der Waals surface area contributed by atoms with E-state index in [1.54, 1.807) is 17.0 Å². The number of benzene rings is 2. The molecule has 4 aromatic rings. The summed E-state index contributed by atoms with van der Waals surface area (Å²) in [6, 6.07) is 16.0. The van der Waals surface area contributed by atoms with Gasteiger partial charge < -0.3 is 0 Å². The Kier molecular flexibility index (Phi) is 7.35. The van der Waals surface area contributed by atoms with E-state index in [1.807, 2.05) is 48.9 Å². The largest absolute Gasteiger partial charge is 0.286 e. The zero-order valence-corrected chi connectivity index (χ0v) is 23.1. The second-order valence-corrected chi connectivity index (χ2v) is 12.6. The van der Waals surface area contributed by atoms with E-state index >= 15 is 0 Å². The SMILES string of the molecule is Cc1cc(C)n(CCN(C(=O)C2CCN(S(=O)(=O)c3ccc(Cl)cc3)CC2)c2nc3ccccc3s2)n1. The predicted molar refractivity (Wildman–Crippen MR) is 147 cm³/mol. The first-order chi connectivity index (χ1) is 17.7. The lowest BCUT2D eigenvalue weighted by Gasteiger charge is -2.33. The summed E-state index contributed by atoms with van der Waals surface area (Å²) in [5, 5.41) is 5.68. The third-order valence-electron chi connectivity index (χ3n) is 6.67. The number of fused-ring (bicyclic) bond motifs is 1. The van der Waals surface area contributed by atoms with Crippen molar-refractivity contribution in [3.8, 4) is 0 Å². The molecule has 0 bridgehead atoms. The van der Waals surface area contributed by atoms with E-state index in [4.69, 9.17) is 16.6 Å². The van der Waals surface area contributed by atoms with Crippen LogP contribution in [0.1, 0.15) is 24.2 Å². The fourth-order valence-electron chi connectivity index (χ4n) is 4.69. The van der Waals surface area contributed by atoms with E-state index in [-0.39, 0.29) is 29.8 Å². The molecule has 1 saturated heterocycles. The van der Waals surface area contributed by atoms with Crippen LogP contribution in [0.2, 0.25) is 5.02 Å². The van der Waals surface area contributed by atoms with Crippen LogP contribution in [0.5, 0.6) is 0 Å². The molecule has 0 N–H and O–H groups in total. The van der Waals surface area contributed by atoms with E-state index in [1.165, 1.54) is 27.8 Å². The maximum absolute atomic E-state index is 13.8. The van der Waals surface area contributed by atoms with Crippen LogP contribution in [-0.4, -0.2) is 53.0 Å². The summed E-state index contributed by atoms with van der Waals surface area (Å²) in [6.45, 7) is 5.50. The van der Waals surface area contributed by atoms with Gasteiger partial charge in [0.15, 0.2) is 5.13 Å². The minimum Gasteiger partial charge on any atom is -0.286 e. The van der Waals surface area contributed by atoms with E-state index in [0.717, 1.165) is 21.6 Å². The first kappa shape index (κ1) is 25.8. The Hall–Kier alpha value is -2.79. The molecule has 11 heteroatoms. The van der Waals surface area contributed by atoms with Gasteiger partial charge in [-0.15, -0.1) is 0 Å². The van der Waals surface area contributed by atoms with Crippen molar-refractivity contribution in [2.24, 2.45) is 5.92 Å². The summed E-state index contributed by atoms with van der Waals surface area (Å²) >= 11 is 7.41. The predicted octanol–water partition coefficient (Wildman–Crippen LogP) is 4.90. The van der Waals surface area contributed by atoms with Crippen LogP contribution in [-0.2, 0) is 21.4 Å². The van der Waals surface area contributed by atoms with Crippen molar-refractivity contribution in [3.63, 3.8) is 0 Å². The normalized spacial score (nSPS) is 15.3. The summed E-state index contributed by atoms with van der Waals surface area (Å²) in [5.74, 6) is -0.312. The highest BCUT2D eigenvalue weighted by molar-refractivity contribution is 7.89. The number of piperidine rings is 1. The van der Waals surface area contributed by atoms with Crippen LogP contribution in [0.4, 0.5) is 5.13 Å². The molecular weight excluding hydrogens is 530 g/mol. The molecular formula is C26H28ClN5O3S2. The van der Waals surface area contributed by atoms with Gasteiger partial charge in [-0.05, 0) is 69.2 Å². The molecule has 37 heavy (non-hydrogen) atoms. The average molecular weight is 558 g/mol. The first-order valence-corrected chi connectivity index (χ1v) is 14.8. The van der Waals surface area contributed by atoms with Crippen LogP contribution < -0.4 is 4.90 Å². The van der Waals surface area contributed by atoms with Crippen LogP contribution in [0.15, 0.2) is 59.5 Å². The minimum atomic E-state index is -3.64. The van der Waals surface area contributed by atoms with Crippen LogP contribution in [0.25, 0.3) is 10.2 Å². The Labute approximate surface area is 225 Å². The quantitative estimate of drug-likeness (QED) is 0.322. The van der Waals surface area contributed by atoms with E-state index in [0.29, 0.717) is 36.1 Å². The Morgan fingerprint density at radius 1 is 1.11 bits per heavy atom. The number of nitrogens with zero attached hydrogens (tertiary/aromatic N) is 5. The second kappa shape index (κ2) is 10.5. The van der Waals surface area contributed by atoms with E-state index < -0.39 is 10.0 Å². The van der Waals surface area contributed by atoms with Gasteiger partial charge in [0, 0.05) is 36.3 Å². The molecule has 0 aliphatic carbocycles. The molecule has 1 aliphatic rings. The molecule has 0 radical (unpaired) electrons. The number of carbonyl (C=O) groups excluding carboxylic acids is 1. The number of para-hydroxylation sites is 1. The number of hydrogen-bond donors (Lipinski definition) is 0. The van der Waals surface area contributed by atoms with Gasteiger partial charge in [0.25, 0.3) is 0 Å². The number of hydrogen-bond acceptors (Lipinski definition) is 6. The zero-order chi connectivity index (χ0) is 26.2. The maximum atomic E-state index is 13.8. The Bertz CT molecular complexity index is 1490. The third-order valence-corrected chi connectivity index (χ3v) is 9.90. The van der Waals surface area contributed by atoms with Gasteiger partial charge in [0.2, 0.25) is 15.9 Å². The van der Waals surface area contributed by atoms with Crippen molar-refractivity contribution < 1.29 is 13.2 Å². The standard InChI is InChI=1S/C26H28ClN5O3S2/c1-18-17-19(2)32(29-18)16-15-31(26-28-23-5-3-4-6-24(23)36-26)25(33)20-11-13-30(14-12-20)37(34,35)22-9-7-21(27)8-10-22/h3-10,17,20H,11-16H2,1-2H3. The number of carbonyl (C=O) groups is 1. The highest BCUT2D eigenvalue weighted by atomic mass is 35.5. The fourth-order valence-corrected chi connectivity index (χ4v) is 7.28. The summed E-state index contributed by atoms with van der Waals surface area (Å²) in [6.07, 6.45) is 0.903. The first-order valence-electron chi connectivity index (χ1n) is 12.2. The van der Waals surface area contributed by atoms with Gasteiger partial charge in [0.05, 0.1) is 27.4 Å². The lowest BCUT2D eigenvalue weighted by molar-refractivity contribution is -0.123. The summed E-state index contributed by atoms with van der Waals surface area (Å²) in [5.41, 5.74) is 2.83. The molecule has 0 spiro atoms. The topological polar surface area (TPSA) is 88.4 Å². The number of anilines is 1. The molecule has 194 valence electrons. The molecule has 0 atom stereocenters. The number of thiazole rings is 1. The van der Waals surface area contributed by atoms with Crippen molar-refractivity contribution >= 4 is 54.2 Å². The lowest BCUT2D eigenvalue weighted by Crippen LogP contribution is -2.45. The molecule has 1 amide bonds. The van der Waals surface area contributed by atoms with Crippen LogP contribution >= 0.6 is 22.9 Å². The number of amides is 1. The molecule has 0 unspecified atom stereocenters. The van der Waals surface area contributed by atoms with Gasteiger partial charge in [0.1, 0.15) is 0 Å². The fraction of sp³-hybridized carbons (Fsp3) is 0.346. The van der Waals surface area contributed by atoms with Crippen molar-refractivity contribution in [2.45, 2.75) is 38.1 Å². The number of sulfonamides is 1. The molecule has 2 aromatic carbocycles. The smallest absolute Gasteiger partial charge is 0.243 e. The maximum Gasteiger partial charge on any atom is 0.243 e. The molecule has 3 heterocycles. The highest BCUT2D eigenvalue weighted by Crippen LogP contribution is 2.32. The summed E-state index contributed by atoms with van der Waals surface area (Å²) in [7, 11) is -3.64. The number of aromatic nitrogens is 3. The average Bonchev–Trinajstić information content (AvgIpc) is 3.46. The minimum absolute atomic E-state index is 0.0240. The highest BCUT2D eigenvalue weighted by Gasteiger charge is 2.35. The zero-order valence-electron chi connectivity index (χ0n) is 20.7. The van der Waals surface area contributed by atoms with Gasteiger partial charge in [-0.3, -0.25) is 14.4 Å². The van der Waals surface area contributed by atoms with Gasteiger partial charge in [-0.25, -0.2) is 13.4 Å². The van der Waals surface area contributed by atoms with Gasteiger partial charge in [-0.1, -0.05) is 35.1 Å². The Morgan fingerprint density at radius 3 is 2.46 bits per heavy atom. The second-order valence-electron chi connectivity index (χ2n) is 9.24. The summed E-state index contributed by atoms with van der Waals surface area (Å²) < 4.78 is 30.6. The number of halogens is 1. The van der Waals surface area contributed by atoms with Crippen molar-refractivity contribution in [1.82, 2.24) is 19.1 Å². The molecule has 1 aliphatic heterocycles. The number of rotatable bonds is 7. The summed E-state index contributed by atoms with van der Waals surface area (Å²) in [4.78, 5) is 20.5. The molecule has 2 aromatic heterocycles. The van der Waals surface area contributed by atoms with Crippen molar-refractivity contribution in [3.05, 3.63) is 71.0 Å². The number of aryl methyl sites for hydroxylation is 2. The van der Waals surface area contributed by atoms with E-state index in [2.05, 4.69) is 5.10 Å². The Morgan fingerprint density at radius 2 is 1.81 bits per heavy atom. The Balaban J connectivity index is 1.34. The third kappa shape index (κ3) is 5.43. The molecule has 1 fully saturated rings. The van der Waals surface area contributed by atoms with Gasteiger partial charge in [-0.2, -0.15) is 9.40 Å². The monoisotopic (exact) mass is 557 g/mol. The van der Waals surface area contributed by atoms with E-state index in [9.17, 15) is 13.2 Å². The lowest BCUT2D eigenvalue weighted by atomic mass is 9.96. The van der Waals surface area contributed by atoms with Crippen molar-refractivity contribution in [2.75, 3.05) is 24.5 Å². The molecule has 8 nitrogen and oxygen atoms in total. The molecule has 0 saturated carbocycles. The van der Waals surface area contributed by atoms with Crippen molar-refractivity contribution in [1.29, 1.82) is 0 Å². The van der Waals surface area contributed by atoms with Crippen LogP contribution in [0, 0.1) is 19.8 Å².